The molecule has 0 bridgehead atoms. The van der Waals surface area contributed by atoms with Crippen molar-refractivity contribution in [3.63, 3.8) is 0 Å². The number of aromatic nitrogens is 1. The lowest BCUT2D eigenvalue weighted by Gasteiger charge is -2.33. The van der Waals surface area contributed by atoms with Crippen molar-refractivity contribution in [1.29, 1.82) is 0 Å². The Morgan fingerprint density at radius 3 is 2.69 bits per heavy atom. The van der Waals surface area contributed by atoms with Crippen molar-refractivity contribution >= 4 is 11.7 Å². The molecule has 0 aromatic carbocycles. The summed E-state index contributed by atoms with van der Waals surface area (Å²) in [6.45, 7) is 4.59. The highest BCUT2D eigenvalue weighted by Crippen LogP contribution is 2.23. The number of rotatable bonds is 6. The van der Waals surface area contributed by atoms with E-state index in [1.165, 1.54) is 32.1 Å². The topological polar surface area (TPSA) is 68.7 Å². The summed E-state index contributed by atoms with van der Waals surface area (Å²) in [6, 6.07) is 4.42. The van der Waals surface area contributed by atoms with Gasteiger partial charge in [0, 0.05) is 51.6 Å². The van der Waals surface area contributed by atoms with Crippen molar-refractivity contribution in [3.05, 3.63) is 23.9 Å². The lowest BCUT2D eigenvalue weighted by atomic mass is 9.94. The van der Waals surface area contributed by atoms with Crippen molar-refractivity contribution in [1.82, 2.24) is 14.8 Å². The summed E-state index contributed by atoms with van der Waals surface area (Å²) < 4.78 is 0. The molecule has 0 radical (unpaired) electrons. The van der Waals surface area contributed by atoms with Gasteiger partial charge in [-0.25, -0.2) is 4.98 Å². The normalized spacial score (nSPS) is 20.0. The Morgan fingerprint density at radius 1 is 1.12 bits per heavy atom. The Labute approximate surface area is 156 Å². The lowest BCUT2D eigenvalue weighted by Crippen LogP contribution is -2.40. The van der Waals surface area contributed by atoms with Crippen LogP contribution in [0.25, 0.3) is 0 Å². The maximum atomic E-state index is 12.8. The first-order valence-electron chi connectivity index (χ1n) is 10.1. The first kappa shape index (κ1) is 19.1. The van der Waals surface area contributed by atoms with Crippen LogP contribution in [0.4, 0.5) is 5.82 Å². The minimum Gasteiger partial charge on any atom is -0.396 e. The number of aliphatic hydroxyl groups excluding tert-OH is 1. The SMILES string of the molecule is O=C(c1ccc(NCCCO)nc1)N1CCCN(C2CCCCC2)CC1. The maximum absolute atomic E-state index is 12.8. The van der Waals surface area contributed by atoms with Crippen LogP contribution in [0.2, 0.25) is 0 Å². The summed E-state index contributed by atoms with van der Waals surface area (Å²) in [7, 11) is 0. The molecule has 2 fully saturated rings. The number of pyridine rings is 1. The monoisotopic (exact) mass is 360 g/mol. The third-order valence-electron chi connectivity index (χ3n) is 5.56. The zero-order valence-corrected chi connectivity index (χ0v) is 15.7. The minimum atomic E-state index is 0.0879. The standard InChI is InChI=1S/C20H32N4O2/c25-15-4-10-21-19-9-8-17(16-22-19)20(26)24-12-5-11-23(13-14-24)18-6-2-1-3-7-18/h8-9,16,18,25H,1-7,10-15H2,(H,21,22). The fourth-order valence-corrected chi connectivity index (χ4v) is 4.05. The third-order valence-corrected chi connectivity index (χ3v) is 5.56. The molecule has 6 nitrogen and oxygen atoms in total. The van der Waals surface area contributed by atoms with Crippen LogP contribution < -0.4 is 5.32 Å². The summed E-state index contributed by atoms with van der Waals surface area (Å²) in [5.74, 6) is 0.833. The van der Waals surface area contributed by atoms with E-state index >= 15 is 0 Å². The number of nitrogens with one attached hydrogen (secondary N) is 1. The van der Waals surface area contributed by atoms with E-state index in [4.69, 9.17) is 5.11 Å². The molecule has 6 heteroatoms. The van der Waals surface area contributed by atoms with Crippen LogP contribution in [0, 0.1) is 0 Å². The number of hydrogen-bond acceptors (Lipinski definition) is 5. The fourth-order valence-electron chi connectivity index (χ4n) is 4.05. The highest BCUT2D eigenvalue weighted by Gasteiger charge is 2.25. The van der Waals surface area contributed by atoms with E-state index in [0.29, 0.717) is 18.5 Å². The second-order valence-electron chi connectivity index (χ2n) is 7.41. The molecule has 1 saturated carbocycles. The van der Waals surface area contributed by atoms with Gasteiger partial charge < -0.3 is 15.3 Å². The van der Waals surface area contributed by atoms with E-state index in [1.54, 1.807) is 6.20 Å². The average molecular weight is 361 g/mol. The zero-order chi connectivity index (χ0) is 18.2. The second kappa shape index (κ2) is 9.88. The van der Waals surface area contributed by atoms with E-state index in [-0.39, 0.29) is 12.5 Å². The highest BCUT2D eigenvalue weighted by molar-refractivity contribution is 5.94. The molecular formula is C20H32N4O2. The maximum Gasteiger partial charge on any atom is 0.255 e. The molecule has 1 aliphatic heterocycles. The molecule has 0 spiro atoms. The van der Waals surface area contributed by atoms with Crippen LogP contribution in [-0.2, 0) is 0 Å². The van der Waals surface area contributed by atoms with E-state index in [1.807, 2.05) is 17.0 Å². The summed E-state index contributed by atoms with van der Waals surface area (Å²) in [5.41, 5.74) is 0.656. The number of amides is 1. The van der Waals surface area contributed by atoms with Gasteiger partial charge in [0.2, 0.25) is 0 Å². The number of nitrogens with zero attached hydrogens (tertiary/aromatic N) is 3. The molecule has 0 atom stereocenters. The van der Waals surface area contributed by atoms with Crippen molar-refractivity contribution in [2.75, 3.05) is 44.6 Å². The van der Waals surface area contributed by atoms with E-state index in [9.17, 15) is 4.79 Å². The lowest BCUT2D eigenvalue weighted by molar-refractivity contribution is 0.0754. The number of anilines is 1. The van der Waals surface area contributed by atoms with Gasteiger partial charge in [-0.3, -0.25) is 9.69 Å². The average Bonchev–Trinajstić information content (AvgIpc) is 2.95. The second-order valence-corrected chi connectivity index (χ2v) is 7.41. The van der Waals surface area contributed by atoms with Crippen LogP contribution in [-0.4, -0.2) is 71.2 Å². The molecule has 2 N–H and O–H groups in total. The van der Waals surface area contributed by atoms with Gasteiger partial charge in [-0.15, -0.1) is 0 Å². The molecule has 1 aliphatic carbocycles. The molecule has 1 saturated heterocycles. The summed E-state index contributed by atoms with van der Waals surface area (Å²) >= 11 is 0. The summed E-state index contributed by atoms with van der Waals surface area (Å²) in [5, 5.41) is 12.0. The predicted octanol–water partition coefficient (Wildman–Crippen LogP) is 2.36. The van der Waals surface area contributed by atoms with Crippen LogP contribution in [0.1, 0.15) is 55.3 Å². The van der Waals surface area contributed by atoms with Crippen LogP contribution in [0.3, 0.4) is 0 Å². The Hall–Kier alpha value is -1.66. The van der Waals surface area contributed by atoms with E-state index < -0.39 is 0 Å². The van der Waals surface area contributed by atoms with Gasteiger partial charge in [-0.2, -0.15) is 0 Å². The molecule has 0 unspecified atom stereocenters. The van der Waals surface area contributed by atoms with Crippen LogP contribution >= 0.6 is 0 Å². The first-order valence-corrected chi connectivity index (χ1v) is 10.1. The molecule has 1 aromatic heterocycles. The van der Waals surface area contributed by atoms with Crippen molar-refractivity contribution in [3.8, 4) is 0 Å². The fraction of sp³-hybridized carbons (Fsp3) is 0.700. The van der Waals surface area contributed by atoms with Gasteiger partial charge in [0.05, 0.1) is 5.56 Å². The zero-order valence-electron chi connectivity index (χ0n) is 15.7. The van der Waals surface area contributed by atoms with E-state index in [0.717, 1.165) is 44.5 Å². The molecule has 1 aromatic rings. The number of hydrogen-bond donors (Lipinski definition) is 2. The highest BCUT2D eigenvalue weighted by atomic mass is 16.3. The van der Waals surface area contributed by atoms with Gasteiger partial charge >= 0.3 is 0 Å². The predicted molar refractivity (Wildman–Crippen MR) is 103 cm³/mol. The van der Waals surface area contributed by atoms with Gasteiger partial charge in [-0.1, -0.05) is 19.3 Å². The van der Waals surface area contributed by atoms with Gasteiger partial charge in [0.25, 0.3) is 5.91 Å². The molecule has 3 rings (SSSR count). The van der Waals surface area contributed by atoms with Crippen molar-refractivity contribution in [2.24, 2.45) is 0 Å². The molecule has 2 aliphatic rings. The van der Waals surface area contributed by atoms with Gasteiger partial charge in [0.1, 0.15) is 5.82 Å². The summed E-state index contributed by atoms with van der Waals surface area (Å²) in [6.07, 6.45) is 10.1. The molecule has 26 heavy (non-hydrogen) atoms. The number of aliphatic hydroxyl groups is 1. The third kappa shape index (κ3) is 5.17. The largest absolute Gasteiger partial charge is 0.396 e. The molecule has 144 valence electrons. The number of carbonyl (C=O) groups excluding carboxylic acids is 1. The summed E-state index contributed by atoms with van der Waals surface area (Å²) in [4.78, 5) is 21.7. The van der Waals surface area contributed by atoms with Gasteiger partial charge in [-0.05, 0) is 37.8 Å². The van der Waals surface area contributed by atoms with Crippen molar-refractivity contribution < 1.29 is 9.90 Å². The number of carbonyl (C=O) groups is 1. The Bertz CT molecular complexity index is 557. The minimum absolute atomic E-state index is 0.0879. The molecular weight excluding hydrogens is 328 g/mol. The quantitative estimate of drug-likeness (QED) is 0.762. The van der Waals surface area contributed by atoms with Gasteiger partial charge in [0.15, 0.2) is 0 Å². The van der Waals surface area contributed by atoms with Crippen molar-refractivity contribution in [2.45, 2.75) is 51.0 Å². The molecule has 2 heterocycles. The Morgan fingerprint density at radius 2 is 1.96 bits per heavy atom. The van der Waals surface area contributed by atoms with Crippen LogP contribution in [0.5, 0.6) is 0 Å². The first-order chi connectivity index (χ1) is 12.8. The van der Waals surface area contributed by atoms with Crippen LogP contribution in [0.15, 0.2) is 18.3 Å². The Kier molecular flexibility index (Phi) is 7.26. The molecule has 1 amide bonds. The smallest absolute Gasteiger partial charge is 0.255 e. The van der Waals surface area contributed by atoms with E-state index in [2.05, 4.69) is 15.2 Å². The Balaban J connectivity index is 1.52.